The molecule has 160 valence electrons. The second-order valence-electron chi connectivity index (χ2n) is 6.34. The molecule has 1 aromatic carbocycles. The van der Waals surface area contributed by atoms with E-state index in [9.17, 15) is 31.5 Å². The predicted octanol–water partition coefficient (Wildman–Crippen LogP) is 3.69. The van der Waals surface area contributed by atoms with Crippen LogP contribution in [0.4, 0.5) is 18.9 Å². The van der Waals surface area contributed by atoms with Crippen LogP contribution in [0.1, 0.15) is 18.2 Å². The minimum atomic E-state index is -4.60. The molecule has 2 aromatic heterocycles. The molecule has 0 aliphatic carbocycles. The molecule has 3 rings (SSSR count). The van der Waals surface area contributed by atoms with Gasteiger partial charge in [-0.25, -0.2) is 13.4 Å². The Morgan fingerprint density at radius 3 is 2.60 bits per heavy atom. The molecule has 0 fully saturated rings. The molecule has 0 bridgehead atoms. The Labute approximate surface area is 174 Å². The molecule has 0 saturated heterocycles. The number of imidazole rings is 1. The molecule has 0 unspecified atom stereocenters. The van der Waals surface area contributed by atoms with Crippen LogP contribution in [0, 0.1) is 0 Å². The van der Waals surface area contributed by atoms with Crippen molar-refractivity contribution in [3.8, 4) is 5.75 Å². The van der Waals surface area contributed by atoms with Gasteiger partial charge in [-0.15, -0.1) is 0 Å². The smallest absolute Gasteiger partial charge is 0.417 e. The molecule has 3 aromatic rings. The van der Waals surface area contributed by atoms with Crippen molar-refractivity contribution in [2.24, 2.45) is 0 Å². The topological polar surface area (TPSA) is 101 Å². The average molecular weight is 462 g/mol. The molecule has 0 atom stereocenters. The van der Waals surface area contributed by atoms with Crippen molar-refractivity contribution in [2.45, 2.75) is 24.4 Å². The number of phenolic OH excluding ortho intramolecular Hbond substituents is 1. The first-order valence-electron chi connectivity index (χ1n) is 8.50. The quantitative estimate of drug-likeness (QED) is 0.564. The molecular weight excluding hydrogens is 447 g/mol. The number of pyridine rings is 1. The lowest BCUT2D eigenvalue weighted by atomic mass is 10.2. The summed E-state index contributed by atoms with van der Waals surface area (Å²) in [5.41, 5.74) is -0.903. The monoisotopic (exact) mass is 461 g/mol. The molecule has 0 aliphatic heterocycles. The van der Waals surface area contributed by atoms with Crippen molar-refractivity contribution in [3.05, 3.63) is 52.9 Å². The van der Waals surface area contributed by atoms with Crippen molar-refractivity contribution in [1.29, 1.82) is 0 Å². The summed E-state index contributed by atoms with van der Waals surface area (Å²) in [5, 5.41) is 12.0. The third-order valence-electron chi connectivity index (χ3n) is 4.21. The van der Waals surface area contributed by atoms with E-state index in [1.165, 1.54) is 19.2 Å². The Morgan fingerprint density at radius 1 is 1.27 bits per heavy atom. The van der Waals surface area contributed by atoms with Gasteiger partial charge in [-0.1, -0.05) is 18.5 Å². The molecule has 2 heterocycles. The number of aromatic nitrogens is 2. The summed E-state index contributed by atoms with van der Waals surface area (Å²) in [4.78, 5) is 16.3. The molecule has 2 N–H and O–H groups in total. The van der Waals surface area contributed by atoms with Crippen LogP contribution in [0.15, 0.2) is 41.6 Å². The molecule has 0 saturated carbocycles. The summed E-state index contributed by atoms with van der Waals surface area (Å²) in [6.45, 7) is 1.46. The molecule has 0 radical (unpaired) electrons. The van der Waals surface area contributed by atoms with Gasteiger partial charge in [0.1, 0.15) is 5.75 Å². The van der Waals surface area contributed by atoms with Gasteiger partial charge in [0.15, 0.2) is 15.5 Å². The van der Waals surface area contributed by atoms with Crippen molar-refractivity contribution in [1.82, 2.24) is 9.38 Å². The third kappa shape index (κ3) is 4.51. The number of anilines is 1. The number of benzene rings is 1. The van der Waals surface area contributed by atoms with Crippen molar-refractivity contribution in [3.63, 3.8) is 0 Å². The minimum absolute atomic E-state index is 0.0475. The molecule has 0 spiro atoms. The van der Waals surface area contributed by atoms with E-state index in [0.29, 0.717) is 0 Å². The lowest BCUT2D eigenvalue weighted by Gasteiger charge is -2.09. The standard InChI is InChI=1S/C18H15ClF3N3O4S/c1-2-30(28,29)12-3-4-15(26)14(7-12)24-16(27)6-11-9-25-8-10(18(20,21)22)5-13(19)17(25)23-11/h3-5,7-9,26H,2,6H2,1H3,(H,24,27). The molecule has 1 amide bonds. The van der Waals surface area contributed by atoms with Gasteiger partial charge >= 0.3 is 6.18 Å². The van der Waals surface area contributed by atoms with E-state index in [1.54, 1.807) is 0 Å². The van der Waals surface area contributed by atoms with E-state index < -0.39 is 27.5 Å². The molecule has 12 heteroatoms. The summed E-state index contributed by atoms with van der Waals surface area (Å²) in [7, 11) is -3.56. The molecule has 30 heavy (non-hydrogen) atoms. The van der Waals surface area contributed by atoms with Gasteiger partial charge in [0, 0.05) is 12.4 Å². The number of phenols is 1. The van der Waals surface area contributed by atoms with Gasteiger partial charge < -0.3 is 14.8 Å². The number of alkyl halides is 3. The van der Waals surface area contributed by atoms with Crippen LogP contribution < -0.4 is 5.32 Å². The van der Waals surface area contributed by atoms with Crippen molar-refractivity contribution < 1.29 is 31.5 Å². The van der Waals surface area contributed by atoms with Gasteiger partial charge in [0.2, 0.25) is 5.91 Å². The Hall–Kier alpha value is -2.79. The number of aromatic hydroxyl groups is 1. The number of hydrogen-bond acceptors (Lipinski definition) is 5. The van der Waals surface area contributed by atoms with Gasteiger partial charge in [-0.2, -0.15) is 13.2 Å². The maximum atomic E-state index is 12.9. The van der Waals surface area contributed by atoms with E-state index in [4.69, 9.17) is 11.6 Å². The Bertz CT molecular complexity index is 1240. The number of carbonyl (C=O) groups is 1. The number of rotatable bonds is 5. The normalized spacial score (nSPS) is 12.3. The van der Waals surface area contributed by atoms with Gasteiger partial charge in [0.25, 0.3) is 0 Å². The highest BCUT2D eigenvalue weighted by atomic mass is 35.5. The van der Waals surface area contributed by atoms with Gasteiger partial charge in [0.05, 0.1) is 39.0 Å². The zero-order valence-corrected chi connectivity index (χ0v) is 16.9. The third-order valence-corrected chi connectivity index (χ3v) is 6.22. The summed E-state index contributed by atoms with van der Waals surface area (Å²) in [6, 6.07) is 4.22. The maximum Gasteiger partial charge on any atom is 0.417 e. The van der Waals surface area contributed by atoms with E-state index >= 15 is 0 Å². The fraction of sp³-hybridized carbons (Fsp3) is 0.222. The number of halogens is 4. The van der Waals surface area contributed by atoms with E-state index in [0.717, 1.165) is 28.8 Å². The summed E-state index contributed by atoms with van der Waals surface area (Å²) < 4.78 is 63.7. The number of sulfone groups is 1. The molecular formula is C18H15ClF3N3O4S. The minimum Gasteiger partial charge on any atom is -0.506 e. The first-order valence-corrected chi connectivity index (χ1v) is 10.5. The Morgan fingerprint density at radius 2 is 1.97 bits per heavy atom. The second-order valence-corrected chi connectivity index (χ2v) is 9.03. The van der Waals surface area contributed by atoms with Crippen molar-refractivity contribution >= 4 is 38.7 Å². The highest BCUT2D eigenvalue weighted by Crippen LogP contribution is 2.32. The van der Waals surface area contributed by atoms with Gasteiger partial charge in [-0.3, -0.25) is 4.79 Å². The van der Waals surface area contributed by atoms with Crippen LogP contribution in [0.5, 0.6) is 5.75 Å². The fourth-order valence-corrected chi connectivity index (χ4v) is 3.85. The summed E-state index contributed by atoms with van der Waals surface area (Å²) in [6.07, 6.45) is -2.90. The van der Waals surface area contributed by atoms with E-state index in [1.807, 2.05) is 0 Å². The van der Waals surface area contributed by atoms with Crippen LogP contribution in [-0.4, -0.2) is 34.6 Å². The predicted molar refractivity (Wildman–Crippen MR) is 103 cm³/mol. The van der Waals surface area contributed by atoms with E-state index in [-0.39, 0.29) is 44.9 Å². The maximum absolute atomic E-state index is 12.9. The van der Waals surface area contributed by atoms with Crippen LogP contribution in [0.25, 0.3) is 5.65 Å². The molecule has 7 nitrogen and oxygen atoms in total. The van der Waals surface area contributed by atoms with Crippen molar-refractivity contribution in [2.75, 3.05) is 11.1 Å². The Balaban J connectivity index is 1.84. The molecule has 0 aliphatic rings. The zero-order chi connectivity index (χ0) is 22.3. The largest absolute Gasteiger partial charge is 0.506 e. The highest BCUT2D eigenvalue weighted by Gasteiger charge is 2.32. The zero-order valence-electron chi connectivity index (χ0n) is 15.4. The SMILES string of the molecule is CCS(=O)(=O)c1ccc(O)c(NC(=O)Cc2cn3cc(C(F)(F)F)cc(Cl)c3n2)c1. The van der Waals surface area contributed by atoms with Crippen LogP contribution in [0.3, 0.4) is 0 Å². The summed E-state index contributed by atoms with van der Waals surface area (Å²) >= 11 is 5.87. The second kappa shape index (κ2) is 7.80. The number of fused-ring (bicyclic) bond motifs is 1. The number of carbonyl (C=O) groups excluding carboxylic acids is 1. The first kappa shape index (κ1) is 21.9. The van der Waals surface area contributed by atoms with Gasteiger partial charge in [-0.05, 0) is 24.3 Å². The number of nitrogens with zero attached hydrogens (tertiary/aromatic N) is 2. The Kier molecular flexibility index (Phi) is 5.70. The highest BCUT2D eigenvalue weighted by molar-refractivity contribution is 7.91. The van der Waals surface area contributed by atoms with Crippen LogP contribution in [0.2, 0.25) is 5.02 Å². The number of nitrogens with one attached hydrogen (secondary N) is 1. The van der Waals surface area contributed by atoms with E-state index in [2.05, 4.69) is 10.3 Å². The number of amides is 1. The van der Waals surface area contributed by atoms with Crippen LogP contribution >= 0.6 is 11.6 Å². The lowest BCUT2D eigenvalue weighted by Crippen LogP contribution is -2.15. The fourth-order valence-electron chi connectivity index (χ4n) is 2.68. The lowest BCUT2D eigenvalue weighted by molar-refractivity contribution is -0.137. The first-order chi connectivity index (χ1) is 13.9. The number of hydrogen-bond donors (Lipinski definition) is 2. The van der Waals surface area contributed by atoms with Crippen LogP contribution in [-0.2, 0) is 27.2 Å². The summed E-state index contributed by atoms with van der Waals surface area (Å²) in [5.74, 6) is -1.16. The average Bonchev–Trinajstić information content (AvgIpc) is 3.05.